The third-order valence-electron chi connectivity index (χ3n) is 5.47. The topological polar surface area (TPSA) is 227 Å². The molecule has 15 heteroatoms. The minimum absolute atomic E-state index is 0.0362. The summed E-state index contributed by atoms with van der Waals surface area (Å²) in [5.41, 5.74) is 11.3. The van der Waals surface area contributed by atoms with Gasteiger partial charge in [-0.15, -0.1) is 11.6 Å². The molecule has 4 atom stereocenters. The lowest BCUT2D eigenvalue weighted by Crippen LogP contribution is -2.58. The molecule has 0 aliphatic rings. The number of Topliss-reactive ketones (excluding diaryl/α,β-unsaturated/α-hetero) is 1. The molecule has 4 amide bonds. The van der Waals surface area contributed by atoms with Gasteiger partial charge in [0.1, 0.15) is 18.1 Å². The summed E-state index contributed by atoms with van der Waals surface area (Å²) in [6.45, 7) is 6.48. The number of hydrogen-bond donors (Lipinski definition) is 7. The fraction of sp³-hybridized carbons (Fsp3) is 0.609. The third kappa shape index (κ3) is 11.6. The number of nitrogens with two attached hydrogens (primary N) is 2. The van der Waals surface area contributed by atoms with Crippen LogP contribution in [0.5, 0.6) is 0 Å². The van der Waals surface area contributed by atoms with Crippen LogP contribution < -0.4 is 32.7 Å². The van der Waals surface area contributed by atoms with Gasteiger partial charge in [-0.3, -0.25) is 29.0 Å². The monoisotopic (exact) mass is 555 g/mol. The Hall–Kier alpha value is -3.68. The van der Waals surface area contributed by atoms with Gasteiger partial charge in [-0.05, 0) is 25.7 Å². The molecule has 0 aromatic carbocycles. The van der Waals surface area contributed by atoms with Gasteiger partial charge in [-0.2, -0.15) is 0 Å². The minimum Gasteiger partial charge on any atom is -0.370 e. The van der Waals surface area contributed by atoms with Crippen molar-refractivity contribution in [2.45, 2.75) is 71.1 Å². The summed E-state index contributed by atoms with van der Waals surface area (Å²) in [5.74, 6) is -3.28. The summed E-state index contributed by atoms with van der Waals surface area (Å²) < 4.78 is 0. The van der Waals surface area contributed by atoms with Crippen LogP contribution in [0.2, 0.25) is 0 Å². The molecule has 4 unspecified atom stereocenters. The average molecular weight is 556 g/mol. The predicted molar refractivity (Wildman–Crippen MR) is 142 cm³/mol. The molecule has 9 N–H and O–H groups in total. The first-order valence-electron chi connectivity index (χ1n) is 12.1. The smallest absolute Gasteiger partial charge is 0.243 e. The van der Waals surface area contributed by atoms with Gasteiger partial charge in [-0.1, -0.05) is 13.8 Å². The average Bonchev–Trinajstić information content (AvgIpc) is 3.35. The second-order valence-corrected chi connectivity index (χ2v) is 9.37. The maximum atomic E-state index is 13.3. The maximum absolute atomic E-state index is 13.3. The molecular formula is C23H38ClN9O5. The molecule has 0 saturated carbocycles. The SMILES string of the molecule is CC(=O)NC(C(=O)NC(CCCN=C(N)N)C(=O)NC(Cc1cnc[nH]1)C(=O)NC(C)C(=O)CCl)C(C)C. The van der Waals surface area contributed by atoms with Crippen molar-refractivity contribution < 1.29 is 24.0 Å². The highest BCUT2D eigenvalue weighted by atomic mass is 35.5. The molecule has 1 rings (SSSR count). The number of hydrogen-bond acceptors (Lipinski definition) is 7. The van der Waals surface area contributed by atoms with Crippen molar-refractivity contribution >= 4 is 47.0 Å². The lowest BCUT2D eigenvalue weighted by Gasteiger charge is -2.26. The molecule has 1 aromatic rings. The maximum Gasteiger partial charge on any atom is 0.243 e. The van der Waals surface area contributed by atoms with Gasteiger partial charge in [0.05, 0.1) is 18.2 Å². The number of amides is 4. The van der Waals surface area contributed by atoms with E-state index in [2.05, 4.69) is 36.2 Å². The standard InChI is InChI=1S/C23H38ClN9O5/c1-12(2)19(31-14(4)34)22(38)32-16(6-5-7-28-23(25)26)20(36)33-17(8-15-10-27-11-29-15)21(37)30-13(3)18(35)9-24/h10-13,16-17,19H,5-9H2,1-4H3,(H,27,29)(H,30,37)(H,31,34)(H,32,38)(H,33,36)(H4,25,26,28). The molecular weight excluding hydrogens is 518 g/mol. The molecule has 0 aliphatic carbocycles. The van der Waals surface area contributed by atoms with E-state index in [1.165, 1.54) is 26.4 Å². The van der Waals surface area contributed by atoms with Crippen LogP contribution in [0.3, 0.4) is 0 Å². The second-order valence-electron chi connectivity index (χ2n) is 9.10. The summed E-state index contributed by atoms with van der Waals surface area (Å²) >= 11 is 5.58. The Kier molecular flexibility index (Phi) is 13.8. The number of guanidine groups is 1. The number of nitrogens with one attached hydrogen (secondary N) is 5. The zero-order valence-corrected chi connectivity index (χ0v) is 22.8. The van der Waals surface area contributed by atoms with Crippen LogP contribution in [-0.4, -0.2) is 81.9 Å². The molecule has 0 fully saturated rings. The van der Waals surface area contributed by atoms with Crippen LogP contribution in [0, 0.1) is 5.92 Å². The number of H-pyrrole nitrogens is 1. The fourth-order valence-corrected chi connectivity index (χ4v) is 3.63. The zero-order chi connectivity index (χ0) is 28.8. The summed E-state index contributed by atoms with van der Waals surface area (Å²) in [4.78, 5) is 73.5. The molecule has 14 nitrogen and oxygen atoms in total. The third-order valence-corrected chi connectivity index (χ3v) is 5.73. The van der Waals surface area contributed by atoms with E-state index in [4.69, 9.17) is 23.1 Å². The Labute approximate surface area is 226 Å². The van der Waals surface area contributed by atoms with Gasteiger partial charge < -0.3 is 37.7 Å². The number of rotatable bonds is 16. The van der Waals surface area contributed by atoms with E-state index in [0.717, 1.165) is 0 Å². The van der Waals surface area contributed by atoms with Crippen LogP contribution in [0.25, 0.3) is 0 Å². The largest absolute Gasteiger partial charge is 0.370 e. The highest BCUT2D eigenvalue weighted by Crippen LogP contribution is 2.07. The number of aliphatic imine (C=N–C) groups is 1. The molecule has 0 aliphatic heterocycles. The first kappa shape index (κ1) is 32.3. The van der Waals surface area contributed by atoms with Crippen molar-refractivity contribution in [1.82, 2.24) is 31.2 Å². The van der Waals surface area contributed by atoms with E-state index >= 15 is 0 Å². The number of carbonyl (C=O) groups excluding carboxylic acids is 5. The summed E-state index contributed by atoms with van der Waals surface area (Å²) in [5, 5.41) is 10.4. The number of imidazole rings is 1. The first-order chi connectivity index (χ1) is 17.8. The quantitative estimate of drug-likeness (QED) is 0.0545. The van der Waals surface area contributed by atoms with Crippen LogP contribution in [-0.2, 0) is 30.4 Å². The summed E-state index contributed by atoms with van der Waals surface area (Å²) in [6, 6.07) is -3.94. The van der Waals surface area contributed by atoms with Crippen molar-refractivity contribution in [2.75, 3.05) is 12.4 Å². The van der Waals surface area contributed by atoms with Gasteiger partial charge in [0.2, 0.25) is 23.6 Å². The Balaban J connectivity index is 3.13. The van der Waals surface area contributed by atoms with Crippen molar-refractivity contribution in [3.05, 3.63) is 18.2 Å². The highest BCUT2D eigenvalue weighted by molar-refractivity contribution is 6.28. The van der Waals surface area contributed by atoms with Crippen LogP contribution in [0.15, 0.2) is 17.5 Å². The molecule has 1 heterocycles. The lowest BCUT2D eigenvalue weighted by molar-refractivity contribution is -0.134. The first-order valence-corrected chi connectivity index (χ1v) is 12.7. The normalized spacial score (nSPS) is 13.9. The van der Waals surface area contributed by atoms with E-state index in [0.29, 0.717) is 12.1 Å². The van der Waals surface area contributed by atoms with E-state index in [-0.39, 0.29) is 37.1 Å². The molecule has 38 heavy (non-hydrogen) atoms. The molecule has 0 spiro atoms. The van der Waals surface area contributed by atoms with Crippen LogP contribution in [0.1, 0.15) is 46.2 Å². The Bertz CT molecular complexity index is 980. The van der Waals surface area contributed by atoms with E-state index in [9.17, 15) is 24.0 Å². The van der Waals surface area contributed by atoms with Gasteiger partial charge >= 0.3 is 0 Å². The van der Waals surface area contributed by atoms with Crippen LogP contribution in [0.4, 0.5) is 0 Å². The fourth-order valence-electron chi connectivity index (χ4n) is 3.40. The van der Waals surface area contributed by atoms with Crippen molar-refractivity contribution in [3.8, 4) is 0 Å². The van der Waals surface area contributed by atoms with Crippen molar-refractivity contribution in [2.24, 2.45) is 22.4 Å². The second kappa shape index (κ2) is 16.2. The number of alkyl halides is 1. The Morgan fingerprint density at radius 2 is 1.63 bits per heavy atom. The number of halogens is 1. The van der Waals surface area contributed by atoms with Gasteiger partial charge in [0.15, 0.2) is 11.7 Å². The molecule has 0 saturated heterocycles. The van der Waals surface area contributed by atoms with E-state index in [1.54, 1.807) is 13.8 Å². The van der Waals surface area contributed by atoms with E-state index in [1.807, 2.05) is 0 Å². The predicted octanol–water partition coefficient (Wildman–Crippen LogP) is -1.55. The Morgan fingerprint density at radius 1 is 1.00 bits per heavy atom. The molecule has 0 bridgehead atoms. The van der Waals surface area contributed by atoms with Crippen molar-refractivity contribution in [1.29, 1.82) is 0 Å². The van der Waals surface area contributed by atoms with Gasteiger partial charge in [0, 0.05) is 31.8 Å². The van der Waals surface area contributed by atoms with Gasteiger partial charge in [-0.25, -0.2) is 4.98 Å². The highest BCUT2D eigenvalue weighted by Gasteiger charge is 2.31. The lowest BCUT2D eigenvalue weighted by atomic mass is 10.0. The minimum atomic E-state index is -1.11. The van der Waals surface area contributed by atoms with Gasteiger partial charge in [0.25, 0.3) is 0 Å². The number of aromatic amines is 1. The Morgan fingerprint density at radius 3 is 2.16 bits per heavy atom. The number of carbonyl (C=O) groups is 5. The summed E-state index contributed by atoms with van der Waals surface area (Å²) in [6.07, 6.45) is 3.43. The van der Waals surface area contributed by atoms with Crippen molar-refractivity contribution in [3.63, 3.8) is 0 Å². The zero-order valence-electron chi connectivity index (χ0n) is 22.0. The molecule has 212 valence electrons. The molecule has 1 aromatic heterocycles. The van der Waals surface area contributed by atoms with E-state index < -0.39 is 53.6 Å². The summed E-state index contributed by atoms with van der Waals surface area (Å²) in [7, 11) is 0. The number of nitrogens with zero attached hydrogens (tertiary/aromatic N) is 2. The molecule has 0 radical (unpaired) electrons. The van der Waals surface area contributed by atoms with Crippen LogP contribution >= 0.6 is 11.6 Å². The number of aromatic nitrogens is 2. The number of ketones is 1.